The Morgan fingerprint density at radius 2 is 1.78 bits per heavy atom. The number of carbonyl (C=O) groups is 2. The van der Waals surface area contributed by atoms with Crippen LogP contribution in [-0.4, -0.2) is 41.7 Å². The van der Waals surface area contributed by atoms with Crippen LogP contribution in [0.1, 0.15) is 63.7 Å². The molecule has 2 aliphatic rings. The Hall–Kier alpha value is -4.64. The van der Waals surface area contributed by atoms with Crippen molar-refractivity contribution in [3.63, 3.8) is 0 Å². The maximum absolute atomic E-state index is 12.9. The number of rotatable bonds is 6. The van der Waals surface area contributed by atoms with Crippen molar-refractivity contribution in [1.29, 1.82) is 0 Å². The number of benzene rings is 1. The fraction of sp³-hybridized carbons (Fsp3) is 0.267. The Labute approximate surface area is 240 Å². The average molecular weight is 565 g/mol. The van der Waals surface area contributed by atoms with Crippen molar-refractivity contribution in [2.45, 2.75) is 50.0 Å². The number of aryl methyl sites for hydroxylation is 1. The number of nitrogens with zero attached hydrogens (tertiary/aromatic N) is 5. The van der Waals surface area contributed by atoms with Gasteiger partial charge in [-0.2, -0.15) is 0 Å². The van der Waals surface area contributed by atoms with Crippen LogP contribution in [0.5, 0.6) is 0 Å². The summed E-state index contributed by atoms with van der Waals surface area (Å²) in [5, 5.41) is 8.46. The van der Waals surface area contributed by atoms with Crippen molar-refractivity contribution in [3.8, 4) is 11.3 Å². The third-order valence-electron chi connectivity index (χ3n) is 8.48. The lowest BCUT2D eigenvalue weighted by Gasteiger charge is -2.28. The van der Waals surface area contributed by atoms with Gasteiger partial charge in [0.05, 0.1) is 0 Å². The number of pyridine rings is 1. The van der Waals surface area contributed by atoms with Gasteiger partial charge >= 0.3 is 0 Å². The standard InChI is InChI=1S/C30H28N8O2S/c1-18-6-11-32-21(16-18)35-25(39)20-4-2-19(3-5-20)22-23-24(31)33-12-14-38(23)28(36-22)29-7-9-30(17-29,10-8-29)37-26(40)27-34-13-15-41-27/h2-6,11-16H,7-10,17H2,1H3,(H2,31,33)(H,37,40)(H,32,35,39). The lowest BCUT2D eigenvalue weighted by molar-refractivity contribution is 0.0900. The highest BCUT2D eigenvalue weighted by atomic mass is 32.1. The lowest BCUT2D eigenvalue weighted by atomic mass is 9.83. The van der Waals surface area contributed by atoms with Crippen molar-refractivity contribution in [2.24, 2.45) is 0 Å². The van der Waals surface area contributed by atoms with Crippen LogP contribution >= 0.6 is 11.3 Å². The Bertz CT molecular complexity index is 1790. The third kappa shape index (κ3) is 4.33. The van der Waals surface area contributed by atoms with E-state index in [1.807, 2.05) is 42.8 Å². The molecule has 2 saturated carbocycles. The molecule has 2 fully saturated rings. The molecule has 0 spiro atoms. The van der Waals surface area contributed by atoms with Crippen molar-refractivity contribution in [1.82, 2.24) is 29.7 Å². The van der Waals surface area contributed by atoms with Crippen molar-refractivity contribution < 1.29 is 9.59 Å². The second-order valence-electron chi connectivity index (χ2n) is 11.1. The van der Waals surface area contributed by atoms with Crippen LogP contribution in [0.2, 0.25) is 0 Å². The van der Waals surface area contributed by atoms with E-state index in [9.17, 15) is 9.59 Å². The molecule has 0 atom stereocenters. The van der Waals surface area contributed by atoms with Gasteiger partial charge < -0.3 is 16.4 Å². The minimum Gasteiger partial charge on any atom is -0.382 e. The summed E-state index contributed by atoms with van der Waals surface area (Å²) in [6, 6.07) is 11.0. The van der Waals surface area contributed by atoms with Gasteiger partial charge in [-0.3, -0.25) is 14.0 Å². The summed E-state index contributed by atoms with van der Waals surface area (Å²) in [6.45, 7) is 1.95. The number of anilines is 2. The van der Waals surface area contributed by atoms with Gasteiger partial charge in [-0.25, -0.2) is 19.9 Å². The first-order valence-electron chi connectivity index (χ1n) is 13.5. The largest absolute Gasteiger partial charge is 0.382 e. The number of carbonyl (C=O) groups excluding carboxylic acids is 2. The van der Waals surface area contributed by atoms with E-state index >= 15 is 0 Å². The monoisotopic (exact) mass is 564 g/mol. The van der Waals surface area contributed by atoms with Crippen LogP contribution < -0.4 is 16.4 Å². The van der Waals surface area contributed by atoms with Gasteiger partial charge in [-0.15, -0.1) is 11.3 Å². The van der Waals surface area contributed by atoms with E-state index in [-0.39, 0.29) is 22.8 Å². The molecule has 7 rings (SSSR count). The quantitative estimate of drug-likeness (QED) is 0.270. The fourth-order valence-corrected chi connectivity index (χ4v) is 7.05. The summed E-state index contributed by atoms with van der Waals surface area (Å²) < 4.78 is 2.06. The maximum Gasteiger partial charge on any atom is 0.280 e. The highest BCUT2D eigenvalue weighted by Gasteiger charge is 2.57. The second-order valence-corrected chi connectivity index (χ2v) is 12.0. The predicted octanol–water partition coefficient (Wildman–Crippen LogP) is 4.78. The molecule has 2 aliphatic carbocycles. The van der Waals surface area contributed by atoms with E-state index in [2.05, 4.69) is 30.0 Å². The van der Waals surface area contributed by atoms with E-state index in [4.69, 9.17) is 10.7 Å². The molecule has 5 aromatic rings. The summed E-state index contributed by atoms with van der Waals surface area (Å²) in [5.74, 6) is 1.49. The molecular weight excluding hydrogens is 536 g/mol. The van der Waals surface area contributed by atoms with E-state index in [1.165, 1.54) is 11.3 Å². The molecule has 0 aliphatic heterocycles. The summed E-state index contributed by atoms with van der Waals surface area (Å²) >= 11 is 1.35. The molecule has 10 nitrogen and oxygen atoms in total. The zero-order valence-electron chi connectivity index (χ0n) is 22.4. The van der Waals surface area contributed by atoms with Gasteiger partial charge in [0.1, 0.15) is 28.7 Å². The minimum absolute atomic E-state index is 0.109. The van der Waals surface area contributed by atoms with E-state index < -0.39 is 0 Å². The zero-order chi connectivity index (χ0) is 28.2. The second kappa shape index (κ2) is 9.48. The molecule has 4 N–H and O–H groups in total. The number of amides is 2. The summed E-state index contributed by atoms with van der Waals surface area (Å²) in [7, 11) is 0. The number of nitrogens with one attached hydrogen (secondary N) is 2. The number of hydrogen-bond donors (Lipinski definition) is 3. The third-order valence-corrected chi connectivity index (χ3v) is 9.25. The van der Waals surface area contributed by atoms with Crippen molar-refractivity contribution in [3.05, 3.63) is 88.5 Å². The fourth-order valence-electron chi connectivity index (χ4n) is 6.52. The van der Waals surface area contributed by atoms with Crippen LogP contribution in [0.15, 0.2) is 66.6 Å². The number of hydrogen-bond acceptors (Lipinski definition) is 8. The van der Waals surface area contributed by atoms with Gasteiger partial charge in [-0.1, -0.05) is 12.1 Å². The average Bonchev–Trinajstić information content (AvgIpc) is 3.76. The molecular formula is C30H28N8O2S. The normalized spacial score (nSPS) is 21.3. The lowest BCUT2D eigenvalue weighted by Crippen LogP contribution is -2.44. The smallest absolute Gasteiger partial charge is 0.280 e. The summed E-state index contributed by atoms with van der Waals surface area (Å²) in [4.78, 5) is 43.7. The molecule has 4 heterocycles. The van der Waals surface area contributed by atoms with Crippen molar-refractivity contribution >= 4 is 40.3 Å². The summed E-state index contributed by atoms with van der Waals surface area (Å²) in [6.07, 6.45) is 11.3. The Morgan fingerprint density at radius 3 is 2.51 bits per heavy atom. The van der Waals surface area contributed by atoms with Crippen LogP contribution in [-0.2, 0) is 5.41 Å². The summed E-state index contributed by atoms with van der Waals surface area (Å²) in [5.41, 5.74) is 9.80. The maximum atomic E-state index is 12.9. The zero-order valence-corrected chi connectivity index (χ0v) is 23.2. The van der Waals surface area contributed by atoms with Crippen LogP contribution in [0, 0.1) is 6.92 Å². The number of aromatic nitrogens is 5. The molecule has 4 aromatic heterocycles. The SMILES string of the molecule is Cc1ccnc(NC(=O)c2ccc(-c3nc(C45CCC(NC(=O)c6nccs6)(CC4)C5)n4ccnc(N)c34)cc2)c1. The molecule has 2 amide bonds. The van der Waals surface area contributed by atoms with Gasteiger partial charge in [-0.05, 0) is 68.9 Å². The Balaban J connectivity index is 1.19. The number of thiazole rings is 1. The van der Waals surface area contributed by atoms with Gasteiger partial charge in [0.25, 0.3) is 11.8 Å². The first kappa shape index (κ1) is 25.3. The van der Waals surface area contributed by atoms with E-state index in [1.54, 1.807) is 30.7 Å². The highest BCUT2D eigenvalue weighted by molar-refractivity contribution is 7.11. The predicted molar refractivity (Wildman–Crippen MR) is 157 cm³/mol. The van der Waals surface area contributed by atoms with Crippen LogP contribution in [0.4, 0.5) is 11.6 Å². The van der Waals surface area contributed by atoms with Gasteiger partial charge in [0, 0.05) is 52.2 Å². The van der Waals surface area contributed by atoms with Crippen molar-refractivity contribution in [2.75, 3.05) is 11.1 Å². The Morgan fingerprint density at radius 1 is 0.976 bits per heavy atom. The topological polar surface area (TPSA) is 140 Å². The number of nitrogens with two attached hydrogens (primary N) is 1. The molecule has 11 heteroatoms. The number of fused-ring (bicyclic) bond motifs is 3. The Kier molecular flexibility index (Phi) is 5.86. The van der Waals surface area contributed by atoms with Crippen LogP contribution in [0.3, 0.4) is 0 Å². The highest BCUT2D eigenvalue weighted by Crippen LogP contribution is 2.57. The molecule has 1 aromatic carbocycles. The first-order chi connectivity index (χ1) is 19.8. The van der Waals surface area contributed by atoms with Crippen LogP contribution in [0.25, 0.3) is 16.8 Å². The molecule has 0 saturated heterocycles. The molecule has 41 heavy (non-hydrogen) atoms. The number of imidazole rings is 1. The molecule has 0 unspecified atom stereocenters. The van der Waals surface area contributed by atoms with Gasteiger partial charge in [0.2, 0.25) is 0 Å². The van der Waals surface area contributed by atoms with E-state index in [0.29, 0.717) is 22.2 Å². The molecule has 0 radical (unpaired) electrons. The van der Waals surface area contributed by atoms with E-state index in [0.717, 1.165) is 60.3 Å². The molecule has 206 valence electrons. The minimum atomic E-state index is -0.269. The first-order valence-corrected chi connectivity index (χ1v) is 14.4. The van der Waals surface area contributed by atoms with Gasteiger partial charge in [0.15, 0.2) is 5.01 Å². The molecule has 2 bridgehead atoms. The number of nitrogen functional groups attached to an aromatic ring is 1.